The van der Waals surface area contributed by atoms with Crippen molar-refractivity contribution < 1.29 is 27.8 Å². The van der Waals surface area contributed by atoms with Gasteiger partial charge in [0.05, 0.1) is 38.6 Å². The van der Waals surface area contributed by atoms with E-state index in [1.807, 2.05) is 0 Å². The van der Waals surface area contributed by atoms with Crippen molar-refractivity contribution in [2.45, 2.75) is 12.6 Å². The largest absolute Gasteiger partial charge is 0.416 e. The lowest BCUT2D eigenvalue weighted by Gasteiger charge is -2.11. The van der Waals surface area contributed by atoms with Crippen LogP contribution < -0.4 is 5.32 Å². The van der Waals surface area contributed by atoms with Crippen molar-refractivity contribution in [2.24, 2.45) is 0 Å². The molecule has 2 rings (SSSR count). The van der Waals surface area contributed by atoms with Crippen molar-refractivity contribution in [1.29, 1.82) is 0 Å². The van der Waals surface area contributed by atoms with Crippen molar-refractivity contribution >= 4 is 34.6 Å². The lowest BCUT2D eigenvalue weighted by Crippen LogP contribution is -2.16. The van der Waals surface area contributed by atoms with Gasteiger partial charge in [-0.2, -0.15) is 13.2 Å². The summed E-state index contributed by atoms with van der Waals surface area (Å²) in [4.78, 5) is 32.1. The van der Waals surface area contributed by atoms with E-state index in [1.165, 1.54) is 0 Å². The maximum atomic E-state index is 12.7. The summed E-state index contributed by atoms with van der Waals surface area (Å²) in [6.45, 7) is 0. The van der Waals surface area contributed by atoms with Crippen LogP contribution in [0.2, 0.25) is 5.02 Å². The van der Waals surface area contributed by atoms with Gasteiger partial charge in [0.2, 0.25) is 5.91 Å². The Labute approximate surface area is 153 Å². The molecule has 142 valence electrons. The first-order valence-electron chi connectivity index (χ1n) is 7.07. The highest BCUT2D eigenvalue weighted by atomic mass is 35.5. The molecule has 0 fully saturated rings. The van der Waals surface area contributed by atoms with E-state index in [0.29, 0.717) is 12.1 Å². The number of nitrogens with one attached hydrogen (secondary N) is 1. The summed E-state index contributed by atoms with van der Waals surface area (Å²) in [5.41, 5.74) is -2.70. The average molecular weight is 404 g/mol. The molecule has 0 bridgehead atoms. The summed E-state index contributed by atoms with van der Waals surface area (Å²) < 4.78 is 38.2. The molecule has 2 aromatic rings. The van der Waals surface area contributed by atoms with E-state index in [4.69, 9.17) is 11.6 Å². The van der Waals surface area contributed by atoms with Gasteiger partial charge < -0.3 is 5.32 Å². The molecule has 1 N–H and O–H groups in total. The van der Waals surface area contributed by atoms with Crippen molar-refractivity contribution in [2.75, 3.05) is 5.32 Å². The molecule has 0 atom stereocenters. The summed E-state index contributed by atoms with van der Waals surface area (Å²) in [6, 6.07) is 5.02. The number of carbonyl (C=O) groups is 1. The third-order valence-electron chi connectivity index (χ3n) is 3.40. The molecule has 0 aliphatic rings. The molecule has 8 nitrogen and oxygen atoms in total. The van der Waals surface area contributed by atoms with Gasteiger partial charge in [-0.3, -0.25) is 25.0 Å². The highest BCUT2D eigenvalue weighted by Gasteiger charge is 2.31. The van der Waals surface area contributed by atoms with Crippen LogP contribution in [0.5, 0.6) is 0 Å². The fourth-order valence-corrected chi connectivity index (χ4v) is 2.31. The number of halogens is 4. The van der Waals surface area contributed by atoms with Gasteiger partial charge in [0.25, 0.3) is 11.4 Å². The minimum Gasteiger partial charge on any atom is -0.324 e. The van der Waals surface area contributed by atoms with Crippen LogP contribution in [0, 0.1) is 20.2 Å². The fourth-order valence-electron chi connectivity index (χ4n) is 2.15. The van der Waals surface area contributed by atoms with E-state index in [2.05, 4.69) is 5.32 Å². The Morgan fingerprint density at radius 3 is 2.30 bits per heavy atom. The molecule has 0 radical (unpaired) electrons. The maximum Gasteiger partial charge on any atom is 0.416 e. The van der Waals surface area contributed by atoms with Gasteiger partial charge >= 0.3 is 6.18 Å². The third-order valence-corrected chi connectivity index (χ3v) is 3.72. The van der Waals surface area contributed by atoms with Crippen LogP contribution in [0.15, 0.2) is 36.4 Å². The molecule has 0 aliphatic carbocycles. The number of benzene rings is 2. The quantitative estimate of drug-likeness (QED) is 0.588. The van der Waals surface area contributed by atoms with E-state index in [9.17, 15) is 38.2 Å². The Kier molecular flexibility index (Phi) is 5.64. The topological polar surface area (TPSA) is 115 Å². The summed E-state index contributed by atoms with van der Waals surface area (Å²) in [7, 11) is 0. The van der Waals surface area contributed by atoms with Crippen LogP contribution in [-0.4, -0.2) is 15.8 Å². The molecule has 0 aromatic heterocycles. The average Bonchev–Trinajstić information content (AvgIpc) is 2.55. The number of amides is 1. The lowest BCUT2D eigenvalue weighted by atomic mass is 10.1. The highest BCUT2D eigenvalue weighted by Crippen LogP contribution is 2.34. The second kappa shape index (κ2) is 7.58. The number of hydrogen-bond donors (Lipinski definition) is 1. The summed E-state index contributed by atoms with van der Waals surface area (Å²) in [6.07, 6.45) is -5.25. The standard InChI is InChI=1S/C15H9ClF3N3O5/c16-11-4-2-9(15(17,18)19)6-12(11)20-14(23)5-8-1-3-10(21(24)25)7-13(8)22(26)27/h1-4,6-7H,5H2,(H,20,23). The van der Waals surface area contributed by atoms with Crippen LogP contribution in [0.3, 0.4) is 0 Å². The number of non-ortho nitro benzene ring substituents is 1. The van der Waals surface area contributed by atoms with Crippen LogP contribution in [0.25, 0.3) is 0 Å². The number of hydrogen-bond acceptors (Lipinski definition) is 5. The molecule has 27 heavy (non-hydrogen) atoms. The minimum absolute atomic E-state index is 0.147. The molecule has 12 heteroatoms. The maximum absolute atomic E-state index is 12.7. The Morgan fingerprint density at radius 2 is 1.74 bits per heavy atom. The van der Waals surface area contributed by atoms with E-state index < -0.39 is 45.3 Å². The fraction of sp³-hybridized carbons (Fsp3) is 0.133. The SMILES string of the molecule is O=C(Cc1ccc([N+](=O)[O-])cc1[N+](=O)[O-])Nc1cc(C(F)(F)F)ccc1Cl. The number of nitro benzene ring substituents is 2. The van der Waals surface area contributed by atoms with Crippen molar-refractivity contribution in [1.82, 2.24) is 0 Å². The highest BCUT2D eigenvalue weighted by molar-refractivity contribution is 6.33. The summed E-state index contributed by atoms with van der Waals surface area (Å²) >= 11 is 5.77. The van der Waals surface area contributed by atoms with Gasteiger partial charge in [-0.15, -0.1) is 0 Å². The van der Waals surface area contributed by atoms with Crippen LogP contribution in [0.4, 0.5) is 30.2 Å². The van der Waals surface area contributed by atoms with Crippen molar-refractivity contribution in [3.05, 3.63) is 72.8 Å². The zero-order chi connectivity index (χ0) is 20.4. The monoisotopic (exact) mass is 403 g/mol. The molecular weight excluding hydrogens is 395 g/mol. The number of alkyl halides is 3. The Hall–Kier alpha value is -3.21. The number of anilines is 1. The van der Waals surface area contributed by atoms with Gasteiger partial charge in [0.15, 0.2) is 0 Å². The number of nitrogens with zero attached hydrogens (tertiary/aromatic N) is 2. The van der Waals surface area contributed by atoms with Crippen LogP contribution in [0.1, 0.15) is 11.1 Å². The first-order chi connectivity index (χ1) is 12.5. The van der Waals surface area contributed by atoms with Crippen molar-refractivity contribution in [3.63, 3.8) is 0 Å². The second-order valence-corrected chi connectivity index (χ2v) is 5.65. The second-order valence-electron chi connectivity index (χ2n) is 5.24. The first kappa shape index (κ1) is 20.1. The Bertz CT molecular complexity index is 933. The minimum atomic E-state index is -4.65. The van der Waals surface area contributed by atoms with E-state index in [0.717, 1.165) is 24.3 Å². The van der Waals surface area contributed by atoms with E-state index >= 15 is 0 Å². The molecule has 0 aliphatic heterocycles. The van der Waals surface area contributed by atoms with Gasteiger partial charge in [-0.1, -0.05) is 11.6 Å². The van der Waals surface area contributed by atoms with Gasteiger partial charge in [-0.25, -0.2) is 0 Å². The normalized spacial score (nSPS) is 11.1. The number of nitro groups is 2. The summed E-state index contributed by atoms with van der Waals surface area (Å²) in [5, 5.41) is 23.7. The Morgan fingerprint density at radius 1 is 1.07 bits per heavy atom. The zero-order valence-electron chi connectivity index (χ0n) is 13.1. The van der Waals surface area contributed by atoms with Gasteiger partial charge in [-0.05, 0) is 24.3 Å². The molecule has 0 saturated heterocycles. The third kappa shape index (κ3) is 4.91. The lowest BCUT2D eigenvalue weighted by molar-refractivity contribution is -0.394. The van der Waals surface area contributed by atoms with Gasteiger partial charge in [0, 0.05) is 11.6 Å². The predicted octanol–water partition coefficient (Wildman–Crippen LogP) is 4.36. The Balaban J connectivity index is 2.26. The van der Waals surface area contributed by atoms with Crippen molar-refractivity contribution in [3.8, 4) is 0 Å². The first-order valence-corrected chi connectivity index (χ1v) is 7.45. The van der Waals surface area contributed by atoms with Gasteiger partial charge in [0.1, 0.15) is 0 Å². The molecular formula is C15H9ClF3N3O5. The smallest absolute Gasteiger partial charge is 0.324 e. The number of carbonyl (C=O) groups excluding carboxylic acids is 1. The van der Waals surface area contributed by atoms with Crippen LogP contribution in [-0.2, 0) is 17.4 Å². The molecule has 0 saturated carbocycles. The van der Waals surface area contributed by atoms with Crippen LogP contribution >= 0.6 is 11.6 Å². The molecule has 2 aromatic carbocycles. The van der Waals surface area contributed by atoms with E-state index in [-0.39, 0.29) is 16.3 Å². The molecule has 0 unspecified atom stereocenters. The predicted molar refractivity (Wildman–Crippen MR) is 88.5 cm³/mol. The zero-order valence-corrected chi connectivity index (χ0v) is 13.9. The number of rotatable bonds is 5. The van der Waals surface area contributed by atoms with E-state index in [1.54, 1.807) is 0 Å². The molecule has 0 spiro atoms. The molecule has 0 heterocycles. The summed E-state index contributed by atoms with van der Waals surface area (Å²) in [5.74, 6) is -0.881. The molecule has 1 amide bonds.